The van der Waals surface area contributed by atoms with Crippen molar-refractivity contribution in [3.05, 3.63) is 59.2 Å². The second kappa shape index (κ2) is 7.85. The van der Waals surface area contributed by atoms with Crippen LogP contribution in [0.4, 0.5) is 5.69 Å². The molecule has 5 heteroatoms. The van der Waals surface area contributed by atoms with E-state index in [0.29, 0.717) is 5.69 Å². The molecule has 1 aliphatic carbocycles. The maximum absolute atomic E-state index is 13.5. The van der Waals surface area contributed by atoms with Crippen LogP contribution in [-0.4, -0.2) is 14.3 Å². The lowest BCUT2D eigenvalue weighted by atomic mass is 9.88. The van der Waals surface area contributed by atoms with Gasteiger partial charge in [-0.05, 0) is 62.9 Å². The van der Waals surface area contributed by atoms with Gasteiger partial charge in [0, 0.05) is 5.92 Å². The van der Waals surface area contributed by atoms with E-state index in [4.69, 9.17) is 0 Å². The fourth-order valence-corrected chi connectivity index (χ4v) is 5.19. The average Bonchev–Trinajstić information content (AvgIpc) is 2.66. The van der Waals surface area contributed by atoms with Crippen molar-refractivity contribution in [1.29, 1.82) is 0 Å². The molecule has 0 aromatic heterocycles. The fraction of sp³-hybridized carbons (Fsp3) is 0.409. The SMILES string of the molecule is Cc1ccc(S(=O)(=O)N(C(=O)C2CCCCC2)c2cccc(C)c2C)cc1. The number of amides is 1. The highest BCUT2D eigenvalue weighted by molar-refractivity contribution is 7.93. The van der Waals surface area contributed by atoms with Gasteiger partial charge in [0.1, 0.15) is 0 Å². The lowest BCUT2D eigenvalue weighted by Gasteiger charge is -2.30. The summed E-state index contributed by atoms with van der Waals surface area (Å²) in [4.78, 5) is 13.5. The summed E-state index contributed by atoms with van der Waals surface area (Å²) in [6.07, 6.45) is 4.56. The third-order valence-corrected chi connectivity index (χ3v) is 7.23. The predicted octanol–water partition coefficient (Wildman–Crippen LogP) is 4.91. The Morgan fingerprint density at radius 3 is 2.19 bits per heavy atom. The lowest BCUT2D eigenvalue weighted by molar-refractivity contribution is -0.122. The Hall–Kier alpha value is -2.14. The Kier molecular flexibility index (Phi) is 5.70. The molecule has 0 spiro atoms. The van der Waals surface area contributed by atoms with Crippen LogP contribution in [0.3, 0.4) is 0 Å². The normalized spacial score (nSPS) is 15.5. The number of carbonyl (C=O) groups excluding carboxylic acids is 1. The van der Waals surface area contributed by atoms with Crippen LogP contribution >= 0.6 is 0 Å². The zero-order valence-electron chi connectivity index (χ0n) is 16.2. The molecule has 144 valence electrons. The van der Waals surface area contributed by atoms with Crippen LogP contribution in [-0.2, 0) is 14.8 Å². The zero-order valence-corrected chi connectivity index (χ0v) is 17.1. The molecule has 4 nitrogen and oxygen atoms in total. The van der Waals surface area contributed by atoms with Gasteiger partial charge in [-0.1, -0.05) is 49.1 Å². The number of hydrogen-bond acceptors (Lipinski definition) is 3. The van der Waals surface area contributed by atoms with Crippen LogP contribution in [0.1, 0.15) is 48.8 Å². The number of carbonyl (C=O) groups is 1. The second-order valence-corrected chi connectivity index (χ2v) is 9.26. The molecule has 1 fully saturated rings. The number of sulfonamides is 1. The summed E-state index contributed by atoms with van der Waals surface area (Å²) < 4.78 is 28.1. The van der Waals surface area contributed by atoms with Crippen molar-refractivity contribution in [3.63, 3.8) is 0 Å². The van der Waals surface area contributed by atoms with Gasteiger partial charge in [-0.15, -0.1) is 0 Å². The first kappa shape index (κ1) is 19.6. The fourth-order valence-electron chi connectivity index (χ4n) is 3.65. The van der Waals surface area contributed by atoms with Crippen molar-refractivity contribution in [2.45, 2.75) is 57.8 Å². The van der Waals surface area contributed by atoms with Crippen molar-refractivity contribution in [1.82, 2.24) is 0 Å². The molecule has 0 radical (unpaired) electrons. The maximum atomic E-state index is 13.5. The largest absolute Gasteiger partial charge is 0.273 e. The molecule has 0 atom stereocenters. The van der Waals surface area contributed by atoms with Gasteiger partial charge in [0.2, 0.25) is 5.91 Å². The molecule has 27 heavy (non-hydrogen) atoms. The predicted molar refractivity (Wildman–Crippen MR) is 108 cm³/mol. The van der Waals surface area contributed by atoms with E-state index < -0.39 is 10.0 Å². The first-order valence-corrected chi connectivity index (χ1v) is 11.0. The zero-order chi connectivity index (χ0) is 19.6. The molecule has 0 saturated heterocycles. The van der Waals surface area contributed by atoms with Gasteiger partial charge in [-0.25, -0.2) is 12.7 Å². The Bertz CT molecular complexity index is 927. The van der Waals surface area contributed by atoms with Gasteiger partial charge < -0.3 is 0 Å². The van der Waals surface area contributed by atoms with E-state index in [1.54, 1.807) is 30.3 Å². The van der Waals surface area contributed by atoms with Crippen LogP contribution in [0, 0.1) is 26.7 Å². The highest BCUT2D eigenvalue weighted by atomic mass is 32.2. The first-order chi connectivity index (χ1) is 12.8. The monoisotopic (exact) mass is 385 g/mol. The smallest absolute Gasteiger partial charge is 0.270 e. The summed E-state index contributed by atoms with van der Waals surface area (Å²) >= 11 is 0. The average molecular weight is 386 g/mol. The number of rotatable bonds is 4. The molecule has 2 aromatic carbocycles. The minimum atomic E-state index is -3.97. The van der Waals surface area contributed by atoms with E-state index in [1.165, 1.54) is 0 Å². The number of benzene rings is 2. The Morgan fingerprint density at radius 1 is 0.926 bits per heavy atom. The molecular formula is C22H27NO3S. The van der Waals surface area contributed by atoms with Gasteiger partial charge in [0.15, 0.2) is 0 Å². The van der Waals surface area contributed by atoms with Crippen LogP contribution in [0.5, 0.6) is 0 Å². The van der Waals surface area contributed by atoms with E-state index in [0.717, 1.165) is 53.1 Å². The summed E-state index contributed by atoms with van der Waals surface area (Å²) in [5.41, 5.74) is 3.22. The van der Waals surface area contributed by atoms with Crippen molar-refractivity contribution in [2.24, 2.45) is 5.92 Å². The van der Waals surface area contributed by atoms with Gasteiger partial charge >= 0.3 is 0 Å². The molecule has 0 aliphatic heterocycles. The van der Waals surface area contributed by atoms with Gasteiger partial charge in [-0.3, -0.25) is 4.79 Å². The molecule has 1 saturated carbocycles. The highest BCUT2D eigenvalue weighted by Crippen LogP contribution is 2.33. The van der Waals surface area contributed by atoms with E-state index in [1.807, 2.05) is 32.9 Å². The van der Waals surface area contributed by atoms with Crippen molar-refractivity contribution in [3.8, 4) is 0 Å². The molecule has 1 amide bonds. The van der Waals surface area contributed by atoms with E-state index in [2.05, 4.69) is 0 Å². The molecule has 0 heterocycles. The maximum Gasteiger partial charge on any atom is 0.270 e. The van der Waals surface area contributed by atoms with Crippen LogP contribution in [0.2, 0.25) is 0 Å². The molecule has 0 N–H and O–H groups in total. The summed E-state index contributed by atoms with van der Waals surface area (Å²) in [6.45, 7) is 5.71. The number of anilines is 1. The van der Waals surface area contributed by atoms with Gasteiger partial charge in [0.05, 0.1) is 10.6 Å². The minimum absolute atomic E-state index is 0.151. The van der Waals surface area contributed by atoms with Crippen molar-refractivity contribution in [2.75, 3.05) is 4.31 Å². The van der Waals surface area contributed by atoms with Crippen LogP contribution < -0.4 is 4.31 Å². The summed E-state index contributed by atoms with van der Waals surface area (Å²) in [5, 5.41) is 0. The Balaban J connectivity index is 2.13. The highest BCUT2D eigenvalue weighted by Gasteiger charge is 2.36. The summed E-state index contributed by atoms with van der Waals surface area (Å²) in [5.74, 6) is -0.539. The molecule has 0 bridgehead atoms. The van der Waals surface area contributed by atoms with E-state index in [-0.39, 0.29) is 16.7 Å². The quantitative estimate of drug-likeness (QED) is 0.751. The first-order valence-electron chi connectivity index (χ1n) is 9.54. The van der Waals surface area contributed by atoms with Gasteiger partial charge in [-0.2, -0.15) is 0 Å². The van der Waals surface area contributed by atoms with Crippen molar-refractivity contribution >= 4 is 21.6 Å². The number of hydrogen-bond donors (Lipinski definition) is 0. The molecule has 2 aromatic rings. The van der Waals surface area contributed by atoms with Crippen LogP contribution in [0.25, 0.3) is 0 Å². The van der Waals surface area contributed by atoms with E-state index in [9.17, 15) is 13.2 Å². The Labute approximate surface area is 162 Å². The molecular weight excluding hydrogens is 358 g/mol. The number of aryl methyl sites for hydroxylation is 2. The molecule has 3 rings (SSSR count). The minimum Gasteiger partial charge on any atom is -0.273 e. The topological polar surface area (TPSA) is 54.5 Å². The third-order valence-electron chi connectivity index (χ3n) is 5.51. The Morgan fingerprint density at radius 2 is 1.56 bits per heavy atom. The number of nitrogens with zero attached hydrogens (tertiary/aromatic N) is 1. The lowest BCUT2D eigenvalue weighted by Crippen LogP contribution is -2.42. The summed E-state index contributed by atoms with van der Waals surface area (Å²) in [6, 6.07) is 12.2. The van der Waals surface area contributed by atoms with Gasteiger partial charge in [0.25, 0.3) is 10.0 Å². The third kappa shape index (κ3) is 3.93. The summed E-state index contributed by atoms with van der Waals surface area (Å²) in [7, 11) is -3.97. The second-order valence-electron chi connectivity index (χ2n) is 7.47. The van der Waals surface area contributed by atoms with E-state index >= 15 is 0 Å². The molecule has 1 aliphatic rings. The van der Waals surface area contributed by atoms with Crippen LogP contribution in [0.15, 0.2) is 47.4 Å². The standard InChI is InChI=1S/C22H27NO3S/c1-16-12-14-20(15-13-16)27(25,26)23(21-11-7-8-17(2)18(21)3)22(24)19-9-5-4-6-10-19/h7-8,11-15,19H,4-6,9-10H2,1-3H3. The van der Waals surface area contributed by atoms with Crippen molar-refractivity contribution < 1.29 is 13.2 Å². The molecule has 0 unspecified atom stereocenters.